The number of hydrogen-bond acceptors (Lipinski definition) is 3. The van der Waals surface area contributed by atoms with Crippen molar-refractivity contribution < 1.29 is 9.84 Å². The number of aliphatic hydroxyl groups excluding tert-OH is 1. The molecule has 1 aromatic carbocycles. The minimum atomic E-state index is -0.452. The summed E-state index contributed by atoms with van der Waals surface area (Å²) < 4.78 is 5.63. The maximum atomic E-state index is 9.90. The Morgan fingerprint density at radius 2 is 2.21 bits per heavy atom. The average molecular weight is 263 g/mol. The third-order valence-electron chi connectivity index (χ3n) is 3.75. The van der Waals surface area contributed by atoms with Crippen LogP contribution < -0.4 is 10.1 Å². The van der Waals surface area contributed by atoms with E-state index >= 15 is 0 Å². The van der Waals surface area contributed by atoms with Crippen LogP contribution in [0.25, 0.3) is 0 Å². The molecule has 0 heterocycles. The fourth-order valence-electron chi connectivity index (χ4n) is 2.19. The van der Waals surface area contributed by atoms with Gasteiger partial charge in [-0.15, -0.1) is 0 Å². The Balaban J connectivity index is 1.68. The second-order valence-electron chi connectivity index (χ2n) is 5.50. The molecule has 19 heavy (non-hydrogen) atoms. The second kappa shape index (κ2) is 6.92. The Kier molecular flexibility index (Phi) is 5.23. The van der Waals surface area contributed by atoms with Crippen molar-refractivity contribution in [1.82, 2.24) is 5.32 Å². The van der Waals surface area contributed by atoms with Crippen LogP contribution in [-0.4, -0.2) is 30.4 Å². The Bertz CT molecular complexity index is 390. The van der Waals surface area contributed by atoms with E-state index in [1.54, 1.807) is 0 Å². The molecule has 1 aliphatic carbocycles. The Morgan fingerprint density at radius 3 is 2.89 bits per heavy atom. The topological polar surface area (TPSA) is 41.5 Å². The molecule has 2 N–H and O–H groups in total. The van der Waals surface area contributed by atoms with Crippen molar-refractivity contribution in [2.24, 2.45) is 5.92 Å². The van der Waals surface area contributed by atoms with Crippen LogP contribution in [0.2, 0.25) is 0 Å². The van der Waals surface area contributed by atoms with Crippen LogP contribution in [0.3, 0.4) is 0 Å². The summed E-state index contributed by atoms with van der Waals surface area (Å²) in [6, 6.07) is 8.56. The van der Waals surface area contributed by atoms with Crippen molar-refractivity contribution in [2.45, 2.75) is 45.3 Å². The molecule has 0 saturated heterocycles. The van der Waals surface area contributed by atoms with Gasteiger partial charge in [-0.3, -0.25) is 0 Å². The van der Waals surface area contributed by atoms with E-state index in [9.17, 15) is 5.11 Å². The first-order valence-electron chi connectivity index (χ1n) is 7.32. The molecule has 2 rings (SSSR count). The molecule has 0 bridgehead atoms. The highest BCUT2D eigenvalue weighted by Crippen LogP contribution is 2.32. The van der Waals surface area contributed by atoms with E-state index in [0.717, 1.165) is 18.1 Å². The van der Waals surface area contributed by atoms with Crippen molar-refractivity contribution in [1.29, 1.82) is 0 Å². The third-order valence-corrected chi connectivity index (χ3v) is 3.75. The number of aryl methyl sites for hydroxylation is 1. The van der Waals surface area contributed by atoms with Crippen molar-refractivity contribution in [2.75, 3.05) is 13.2 Å². The lowest BCUT2D eigenvalue weighted by molar-refractivity contribution is 0.103. The zero-order chi connectivity index (χ0) is 13.7. The monoisotopic (exact) mass is 263 g/mol. The molecule has 2 unspecified atom stereocenters. The van der Waals surface area contributed by atoms with E-state index in [2.05, 4.69) is 25.2 Å². The van der Waals surface area contributed by atoms with E-state index in [0.29, 0.717) is 19.2 Å². The fraction of sp³-hybridized carbons (Fsp3) is 0.625. The predicted molar refractivity (Wildman–Crippen MR) is 77.5 cm³/mol. The molecule has 3 heteroatoms. The molecule has 0 amide bonds. The number of hydrogen-bond donors (Lipinski definition) is 2. The van der Waals surface area contributed by atoms with Gasteiger partial charge in [0.05, 0.1) is 0 Å². The van der Waals surface area contributed by atoms with Crippen LogP contribution in [0, 0.1) is 5.92 Å². The summed E-state index contributed by atoms with van der Waals surface area (Å²) >= 11 is 0. The Labute approximate surface area is 116 Å². The molecule has 1 saturated carbocycles. The van der Waals surface area contributed by atoms with Crippen LogP contribution in [0.15, 0.2) is 24.3 Å². The number of aliphatic hydroxyl groups is 1. The maximum absolute atomic E-state index is 9.90. The van der Waals surface area contributed by atoms with Crippen LogP contribution in [0.4, 0.5) is 0 Å². The number of benzene rings is 1. The SMILES string of the molecule is CCc1cccc(OCC(O)CNC(C)C2CC2)c1. The van der Waals surface area contributed by atoms with Gasteiger partial charge in [-0.2, -0.15) is 0 Å². The van der Waals surface area contributed by atoms with Gasteiger partial charge in [-0.1, -0.05) is 19.1 Å². The van der Waals surface area contributed by atoms with E-state index in [1.807, 2.05) is 18.2 Å². The number of nitrogens with one attached hydrogen (secondary N) is 1. The van der Waals surface area contributed by atoms with Crippen molar-refractivity contribution in [3.8, 4) is 5.75 Å². The zero-order valence-corrected chi connectivity index (χ0v) is 11.9. The number of ether oxygens (including phenoxy) is 1. The molecular formula is C16H25NO2. The predicted octanol–water partition coefficient (Wildman–Crippen LogP) is 2.38. The van der Waals surface area contributed by atoms with Gasteiger partial charge in [-0.05, 0) is 49.8 Å². The molecular weight excluding hydrogens is 238 g/mol. The van der Waals surface area contributed by atoms with Crippen molar-refractivity contribution >= 4 is 0 Å². The number of rotatable bonds is 8. The van der Waals surface area contributed by atoms with Gasteiger partial charge in [0.25, 0.3) is 0 Å². The average Bonchev–Trinajstić information content (AvgIpc) is 3.27. The quantitative estimate of drug-likeness (QED) is 0.756. The molecule has 0 radical (unpaired) electrons. The molecule has 2 atom stereocenters. The highest BCUT2D eigenvalue weighted by molar-refractivity contribution is 5.28. The normalized spacial score (nSPS) is 18.1. The van der Waals surface area contributed by atoms with Gasteiger partial charge < -0.3 is 15.2 Å². The summed E-state index contributed by atoms with van der Waals surface area (Å²) in [6.45, 7) is 5.26. The van der Waals surface area contributed by atoms with E-state index < -0.39 is 6.10 Å². The summed E-state index contributed by atoms with van der Waals surface area (Å²) in [7, 11) is 0. The summed E-state index contributed by atoms with van der Waals surface area (Å²) in [6.07, 6.45) is 3.20. The smallest absolute Gasteiger partial charge is 0.119 e. The molecule has 3 nitrogen and oxygen atoms in total. The van der Waals surface area contributed by atoms with Crippen molar-refractivity contribution in [3.05, 3.63) is 29.8 Å². The first kappa shape index (κ1) is 14.4. The first-order chi connectivity index (χ1) is 9.19. The van der Waals surface area contributed by atoms with Gasteiger partial charge in [-0.25, -0.2) is 0 Å². The van der Waals surface area contributed by atoms with Gasteiger partial charge in [0, 0.05) is 12.6 Å². The third kappa shape index (κ3) is 4.84. The van der Waals surface area contributed by atoms with Gasteiger partial charge in [0.1, 0.15) is 18.5 Å². The molecule has 0 aromatic heterocycles. The molecule has 0 spiro atoms. The largest absolute Gasteiger partial charge is 0.491 e. The molecule has 1 aliphatic rings. The van der Waals surface area contributed by atoms with Crippen molar-refractivity contribution in [3.63, 3.8) is 0 Å². The van der Waals surface area contributed by atoms with Crippen LogP contribution >= 0.6 is 0 Å². The van der Waals surface area contributed by atoms with Crippen LogP contribution in [0.5, 0.6) is 5.75 Å². The maximum Gasteiger partial charge on any atom is 0.119 e. The summed E-state index contributed by atoms with van der Waals surface area (Å²) in [5.41, 5.74) is 1.26. The highest BCUT2D eigenvalue weighted by Gasteiger charge is 2.27. The molecule has 1 aromatic rings. The Hall–Kier alpha value is -1.06. The lowest BCUT2D eigenvalue weighted by Crippen LogP contribution is -2.37. The van der Waals surface area contributed by atoms with Crippen LogP contribution in [-0.2, 0) is 6.42 Å². The lowest BCUT2D eigenvalue weighted by atomic mass is 10.2. The first-order valence-corrected chi connectivity index (χ1v) is 7.32. The summed E-state index contributed by atoms with van der Waals surface area (Å²) in [4.78, 5) is 0. The van der Waals surface area contributed by atoms with Gasteiger partial charge in [0.2, 0.25) is 0 Å². The summed E-state index contributed by atoms with van der Waals surface area (Å²) in [5, 5.41) is 13.3. The second-order valence-corrected chi connectivity index (χ2v) is 5.50. The van der Waals surface area contributed by atoms with Gasteiger partial charge in [0.15, 0.2) is 0 Å². The van der Waals surface area contributed by atoms with Crippen LogP contribution in [0.1, 0.15) is 32.3 Å². The van der Waals surface area contributed by atoms with E-state index in [4.69, 9.17) is 4.74 Å². The minimum absolute atomic E-state index is 0.345. The highest BCUT2D eigenvalue weighted by atomic mass is 16.5. The molecule has 0 aliphatic heterocycles. The van der Waals surface area contributed by atoms with Gasteiger partial charge >= 0.3 is 0 Å². The van der Waals surface area contributed by atoms with E-state index in [-0.39, 0.29) is 0 Å². The molecule has 106 valence electrons. The summed E-state index contributed by atoms with van der Waals surface area (Å²) in [5.74, 6) is 1.66. The van der Waals surface area contributed by atoms with E-state index in [1.165, 1.54) is 18.4 Å². The standard InChI is InChI=1S/C16H25NO2/c1-3-13-5-4-6-16(9-13)19-11-15(18)10-17-12(2)14-7-8-14/h4-6,9,12,14-15,17-18H,3,7-8,10-11H2,1-2H3. The zero-order valence-electron chi connectivity index (χ0n) is 11.9. The Morgan fingerprint density at radius 1 is 1.42 bits per heavy atom. The fourth-order valence-corrected chi connectivity index (χ4v) is 2.19. The lowest BCUT2D eigenvalue weighted by Gasteiger charge is -2.17. The minimum Gasteiger partial charge on any atom is -0.491 e. The molecule has 1 fully saturated rings.